The highest BCUT2D eigenvalue weighted by atomic mass is 35.5. The van der Waals surface area contributed by atoms with Crippen molar-refractivity contribution in [2.45, 2.75) is 19.4 Å². The van der Waals surface area contributed by atoms with Crippen molar-refractivity contribution in [1.82, 2.24) is 0 Å². The third-order valence-corrected chi connectivity index (χ3v) is 2.30. The van der Waals surface area contributed by atoms with Gasteiger partial charge in [0, 0.05) is 18.0 Å². The van der Waals surface area contributed by atoms with Crippen molar-refractivity contribution in [1.29, 1.82) is 0 Å². The lowest BCUT2D eigenvalue weighted by Crippen LogP contribution is -2.22. The first-order chi connectivity index (χ1) is 6.13. The van der Waals surface area contributed by atoms with Crippen molar-refractivity contribution in [2.24, 2.45) is 5.73 Å². The van der Waals surface area contributed by atoms with Crippen LogP contribution in [0.4, 0.5) is 0 Å². The van der Waals surface area contributed by atoms with Crippen LogP contribution in [0.5, 0.6) is 0 Å². The fourth-order valence-electron chi connectivity index (χ4n) is 1.20. The van der Waals surface area contributed by atoms with E-state index in [0.717, 1.165) is 11.1 Å². The van der Waals surface area contributed by atoms with E-state index < -0.39 is 6.10 Å². The van der Waals surface area contributed by atoms with E-state index >= 15 is 0 Å². The minimum Gasteiger partial charge on any atom is -0.391 e. The van der Waals surface area contributed by atoms with E-state index in [1.54, 1.807) is 0 Å². The largest absolute Gasteiger partial charge is 0.391 e. The fraction of sp³-hybridized carbons (Fsp3) is 0.400. The first-order valence-electron chi connectivity index (χ1n) is 4.26. The van der Waals surface area contributed by atoms with Crippen LogP contribution in [0.1, 0.15) is 11.1 Å². The highest BCUT2D eigenvalue weighted by Crippen LogP contribution is 2.18. The van der Waals surface area contributed by atoms with Gasteiger partial charge in [-0.1, -0.05) is 29.3 Å². The molecule has 0 aromatic heterocycles. The van der Waals surface area contributed by atoms with Crippen LogP contribution in [0, 0.1) is 6.92 Å². The van der Waals surface area contributed by atoms with Crippen LogP contribution in [0.2, 0.25) is 5.02 Å². The smallest absolute Gasteiger partial charge is 0.0703 e. The molecule has 0 radical (unpaired) electrons. The minimum atomic E-state index is -0.501. The molecule has 0 heterocycles. The Morgan fingerprint density at radius 1 is 1.54 bits per heavy atom. The van der Waals surface area contributed by atoms with Gasteiger partial charge in [0.25, 0.3) is 0 Å². The van der Waals surface area contributed by atoms with Crippen molar-refractivity contribution >= 4 is 11.6 Å². The van der Waals surface area contributed by atoms with Gasteiger partial charge < -0.3 is 10.8 Å². The zero-order valence-corrected chi connectivity index (χ0v) is 8.38. The lowest BCUT2D eigenvalue weighted by molar-refractivity contribution is 0.183. The van der Waals surface area contributed by atoms with Crippen molar-refractivity contribution in [2.75, 3.05) is 6.54 Å². The molecule has 0 aliphatic carbocycles. The third kappa shape index (κ3) is 2.99. The van der Waals surface area contributed by atoms with Crippen LogP contribution >= 0.6 is 11.6 Å². The second-order valence-electron chi connectivity index (χ2n) is 3.19. The Kier molecular flexibility index (Phi) is 3.72. The quantitative estimate of drug-likeness (QED) is 0.776. The number of rotatable bonds is 3. The van der Waals surface area contributed by atoms with Crippen LogP contribution in [0.25, 0.3) is 0 Å². The molecule has 1 unspecified atom stereocenters. The predicted molar refractivity (Wildman–Crippen MR) is 55.0 cm³/mol. The second-order valence-corrected chi connectivity index (χ2v) is 3.60. The van der Waals surface area contributed by atoms with Gasteiger partial charge in [-0.05, 0) is 18.6 Å². The minimum absolute atomic E-state index is 0.268. The Morgan fingerprint density at radius 2 is 2.23 bits per heavy atom. The van der Waals surface area contributed by atoms with E-state index in [1.165, 1.54) is 0 Å². The van der Waals surface area contributed by atoms with Crippen molar-refractivity contribution in [3.05, 3.63) is 34.3 Å². The number of aliphatic hydroxyl groups excluding tert-OH is 1. The SMILES string of the molecule is Cc1ccc(Cl)c(CC(O)CN)c1. The van der Waals surface area contributed by atoms with Gasteiger partial charge >= 0.3 is 0 Å². The number of aryl methyl sites for hydroxylation is 1. The van der Waals surface area contributed by atoms with Gasteiger partial charge in [0.15, 0.2) is 0 Å². The molecule has 0 aliphatic rings. The topological polar surface area (TPSA) is 46.2 Å². The van der Waals surface area contributed by atoms with E-state index in [0.29, 0.717) is 11.4 Å². The Hall–Kier alpha value is -0.570. The first kappa shape index (κ1) is 10.5. The molecule has 3 N–H and O–H groups in total. The Balaban J connectivity index is 2.81. The normalized spacial score (nSPS) is 12.9. The molecule has 1 aromatic rings. The summed E-state index contributed by atoms with van der Waals surface area (Å²) in [5.41, 5.74) is 7.42. The van der Waals surface area contributed by atoms with E-state index in [1.807, 2.05) is 25.1 Å². The molecule has 0 spiro atoms. The van der Waals surface area contributed by atoms with Crippen LogP contribution in [-0.2, 0) is 6.42 Å². The van der Waals surface area contributed by atoms with Crippen LogP contribution in [0.3, 0.4) is 0 Å². The maximum Gasteiger partial charge on any atom is 0.0703 e. The maximum absolute atomic E-state index is 9.34. The monoisotopic (exact) mass is 199 g/mol. The lowest BCUT2D eigenvalue weighted by atomic mass is 10.1. The fourth-order valence-corrected chi connectivity index (χ4v) is 1.39. The molecule has 0 amide bonds. The van der Waals surface area contributed by atoms with E-state index in [4.69, 9.17) is 17.3 Å². The zero-order chi connectivity index (χ0) is 9.84. The molecular formula is C10H14ClNO. The number of benzene rings is 1. The van der Waals surface area contributed by atoms with Gasteiger partial charge in [0.1, 0.15) is 0 Å². The lowest BCUT2D eigenvalue weighted by Gasteiger charge is -2.09. The molecule has 0 fully saturated rings. The number of nitrogens with two attached hydrogens (primary N) is 1. The summed E-state index contributed by atoms with van der Waals surface area (Å²) >= 11 is 5.95. The molecule has 1 atom stereocenters. The molecule has 0 saturated heterocycles. The van der Waals surface area contributed by atoms with Crippen LogP contribution in [-0.4, -0.2) is 17.8 Å². The summed E-state index contributed by atoms with van der Waals surface area (Å²) in [6.45, 7) is 2.26. The molecule has 3 heteroatoms. The number of hydrogen-bond donors (Lipinski definition) is 2. The van der Waals surface area contributed by atoms with Gasteiger partial charge in [0.05, 0.1) is 6.10 Å². The molecule has 1 aromatic carbocycles. The molecule has 0 bridgehead atoms. The summed E-state index contributed by atoms with van der Waals surface area (Å²) in [5, 5.41) is 10.0. The van der Waals surface area contributed by atoms with E-state index in [-0.39, 0.29) is 6.54 Å². The van der Waals surface area contributed by atoms with Crippen molar-refractivity contribution < 1.29 is 5.11 Å². The average Bonchev–Trinajstić information content (AvgIpc) is 2.11. The number of hydrogen-bond acceptors (Lipinski definition) is 2. The van der Waals surface area contributed by atoms with Gasteiger partial charge in [-0.15, -0.1) is 0 Å². The summed E-state index contributed by atoms with van der Waals surface area (Å²) in [7, 11) is 0. The Morgan fingerprint density at radius 3 is 2.85 bits per heavy atom. The summed E-state index contributed by atoms with van der Waals surface area (Å²) in [6, 6.07) is 5.76. The summed E-state index contributed by atoms with van der Waals surface area (Å²) in [4.78, 5) is 0. The van der Waals surface area contributed by atoms with Crippen LogP contribution < -0.4 is 5.73 Å². The highest BCUT2D eigenvalue weighted by Gasteiger charge is 2.06. The highest BCUT2D eigenvalue weighted by molar-refractivity contribution is 6.31. The van der Waals surface area contributed by atoms with E-state index in [9.17, 15) is 5.11 Å². The third-order valence-electron chi connectivity index (χ3n) is 1.93. The van der Waals surface area contributed by atoms with Gasteiger partial charge in [-0.3, -0.25) is 0 Å². The van der Waals surface area contributed by atoms with Gasteiger partial charge in [0.2, 0.25) is 0 Å². The maximum atomic E-state index is 9.34. The number of aliphatic hydroxyl groups is 1. The van der Waals surface area contributed by atoms with Crippen molar-refractivity contribution in [3.8, 4) is 0 Å². The van der Waals surface area contributed by atoms with E-state index in [2.05, 4.69) is 0 Å². The van der Waals surface area contributed by atoms with Crippen molar-refractivity contribution in [3.63, 3.8) is 0 Å². The molecular weight excluding hydrogens is 186 g/mol. The Labute approximate surface area is 83.3 Å². The Bertz CT molecular complexity index is 288. The molecule has 2 nitrogen and oxygen atoms in total. The molecule has 72 valence electrons. The summed E-state index contributed by atoms with van der Waals surface area (Å²) < 4.78 is 0. The van der Waals surface area contributed by atoms with Gasteiger partial charge in [-0.25, -0.2) is 0 Å². The molecule has 1 rings (SSSR count). The summed E-state index contributed by atoms with van der Waals surface area (Å²) in [5.74, 6) is 0. The average molecular weight is 200 g/mol. The van der Waals surface area contributed by atoms with Crippen LogP contribution in [0.15, 0.2) is 18.2 Å². The standard InChI is InChI=1S/C10H14ClNO/c1-7-2-3-10(11)8(4-7)5-9(13)6-12/h2-4,9,13H,5-6,12H2,1H3. The summed E-state index contributed by atoms with van der Waals surface area (Å²) in [6.07, 6.45) is 0.0242. The molecule has 0 aliphatic heterocycles. The second kappa shape index (κ2) is 4.61. The molecule has 0 saturated carbocycles. The predicted octanol–water partition coefficient (Wildman–Crippen LogP) is 1.51. The zero-order valence-electron chi connectivity index (χ0n) is 7.63. The first-order valence-corrected chi connectivity index (χ1v) is 4.64. The van der Waals surface area contributed by atoms with Gasteiger partial charge in [-0.2, -0.15) is 0 Å². The number of halogens is 1. The molecule has 13 heavy (non-hydrogen) atoms.